The van der Waals surface area contributed by atoms with Crippen LogP contribution in [0.2, 0.25) is 0 Å². The Labute approximate surface area is 262 Å². The SMILES string of the molecule is C.C.C.C.C.C.CC(COCCOC(=O)c1ccc(OC(F)=C(F)F)cc1)OCCOC(=O)c1ccc(OC(F)=C(F)F)cc1. The molecule has 0 saturated carbocycles. The Morgan fingerprint density at radius 3 is 1.29 bits per heavy atom. The molecule has 1 unspecified atom stereocenters. The van der Waals surface area contributed by atoms with E-state index in [9.17, 15) is 35.9 Å². The predicted octanol–water partition coefficient (Wildman–Crippen LogP) is 9.77. The average molecular weight is 661 g/mol. The van der Waals surface area contributed by atoms with Gasteiger partial charge in [0.1, 0.15) is 24.7 Å². The molecule has 0 spiro atoms. The molecule has 0 radical (unpaired) electrons. The highest BCUT2D eigenvalue weighted by Crippen LogP contribution is 2.20. The molecule has 0 fully saturated rings. The number of hydrogen-bond donors (Lipinski definition) is 0. The molecule has 0 aliphatic rings. The number of carbonyl (C=O) groups is 2. The van der Waals surface area contributed by atoms with Gasteiger partial charge in [-0.2, -0.15) is 26.3 Å². The topological polar surface area (TPSA) is 89.5 Å². The molecule has 260 valence electrons. The van der Waals surface area contributed by atoms with Gasteiger partial charge in [0.05, 0.1) is 37.1 Å². The molecule has 14 heteroatoms. The first kappa shape index (κ1) is 50.6. The van der Waals surface area contributed by atoms with Crippen LogP contribution in [0.25, 0.3) is 0 Å². The van der Waals surface area contributed by atoms with Crippen molar-refractivity contribution in [2.45, 2.75) is 57.6 Å². The molecule has 0 N–H and O–H groups in total. The number of rotatable bonds is 15. The van der Waals surface area contributed by atoms with Gasteiger partial charge in [-0.05, 0) is 55.5 Å². The maximum absolute atomic E-state index is 12.8. The second-order valence-electron chi connectivity index (χ2n) is 7.35. The monoisotopic (exact) mass is 660 g/mol. The highest BCUT2D eigenvalue weighted by Gasteiger charge is 2.12. The van der Waals surface area contributed by atoms with Crippen LogP contribution in [0, 0.1) is 0 Å². The molecule has 0 aliphatic carbocycles. The lowest BCUT2D eigenvalue weighted by Gasteiger charge is -2.14. The molecule has 8 nitrogen and oxygen atoms in total. The Bertz CT molecular complexity index is 1150. The fourth-order valence-electron chi connectivity index (χ4n) is 2.64. The van der Waals surface area contributed by atoms with E-state index in [0.29, 0.717) is 0 Å². The average Bonchev–Trinajstić information content (AvgIpc) is 2.91. The maximum atomic E-state index is 12.8. The molecule has 0 bridgehead atoms. The first-order valence-corrected chi connectivity index (χ1v) is 11.1. The van der Waals surface area contributed by atoms with Gasteiger partial charge in [-0.1, -0.05) is 44.6 Å². The van der Waals surface area contributed by atoms with Crippen LogP contribution in [-0.2, 0) is 18.9 Å². The summed E-state index contributed by atoms with van der Waals surface area (Å²) in [4.78, 5) is 23.9. The molecule has 2 aromatic rings. The van der Waals surface area contributed by atoms with Crippen LogP contribution in [0.4, 0.5) is 26.3 Å². The summed E-state index contributed by atoms with van der Waals surface area (Å²) >= 11 is 0. The highest BCUT2D eigenvalue weighted by molar-refractivity contribution is 5.90. The zero-order valence-electron chi connectivity index (χ0n) is 20.3. The molecule has 2 aromatic carbocycles. The van der Waals surface area contributed by atoms with Gasteiger partial charge in [-0.15, -0.1) is 0 Å². The molecule has 1 atom stereocenters. The fourth-order valence-corrected chi connectivity index (χ4v) is 2.64. The molecule has 2 rings (SSSR count). The summed E-state index contributed by atoms with van der Waals surface area (Å²) < 4.78 is 103. The van der Waals surface area contributed by atoms with Crippen LogP contribution in [0.5, 0.6) is 11.5 Å². The number of ether oxygens (including phenoxy) is 6. The van der Waals surface area contributed by atoms with Crippen molar-refractivity contribution in [3.05, 3.63) is 83.8 Å². The van der Waals surface area contributed by atoms with E-state index in [-0.39, 0.29) is 100 Å². The van der Waals surface area contributed by atoms with Crippen molar-refractivity contribution in [3.63, 3.8) is 0 Å². The third kappa shape index (κ3) is 19.1. The Kier molecular flexibility index (Phi) is 29.6. The van der Waals surface area contributed by atoms with E-state index >= 15 is 0 Å². The summed E-state index contributed by atoms with van der Waals surface area (Å²) in [5.41, 5.74) is 0.169. The lowest BCUT2D eigenvalue weighted by molar-refractivity contribution is -0.0324. The number of hydrogen-bond acceptors (Lipinski definition) is 8. The molecule has 0 aliphatic heterocycles. The molecule has 0 saturated heterocycles. The van der Waals surface area contributed by atoms with Crippen molar-refractivity contribution in [1.82, 2.24) is 0 Å². The van der Waals surface area contributed by atoms with E-state index in [1.807, 2.05) is 0 Å². The normalized spacial score (nSPS) is 9.76. The minimum Gasteiger partial charge on any atom is -0.460 e. The van der Waals surface area contributed by atoms with Crippen molar-refractivity contribution in [2.24, 2.45) is 0 Å². The van der Waals surface area contributed by atoms with Crippen molar-refractivity contribution in [2.75, 3.05) is 33.0 Å². The van der Waals surface area contributed by atoms with Gasteiger partial charge < -0.3 is 28.4 Å². The Morgan fingerprint density at radius 1 is 0.578 bits per heavy atom. The van der Waals surface area contributed by atoms with Gasteiger partial charge in [-0.3, -0.25) is 0 Å². The van der Waals surface area contributed by atoms with Crippen molar-refractivity contribution in [1.29, 1.82) is 0 Å². The van der Waals surface area contributed by atoms with Crippen LogP contribution in [0.15, 0.2) is 72.7 Å². The summed E-state index contributed by atoms with van der Waals surface area (Å²) in [6.07, 6.45) is -5.61. The Morgan fingerprint density at radius 2 is 0.933 bits per heavy atom. The van der Waals surface area contributed by atoms with Crippen LogP contribution in [0.3, 0.4) is 0 Å². The van der Waals surface area contributed by atoms with Crippen LogP contribution in [0.1, 0.15) is 72.2 Å². The second-order valence-corrected chi connectivity index (χ2v) is 7.35. The number of carbonyl (C=O) groups excluding carboxylic acids is 2. The Hall–Kier alpha value is -4.04. The van der Waals surface area contributed by atoms with Crippen LogP contribution >= 0.6 is 0 Å². The van der Waals surface area contributed by atoms with E-state index in [1.165, 1.54) is 24.3 Å². The van der Waals surface area contributed by atoms with Crippen LogP contribution < -0.4 is 9.47 Å². The van der Waals surface area contributed by atoms with Crippen molar-refractivity contribution in [3.8, 4) is 11.5 Å². The van der Waals surface area contributed by atoms with Gasteiger partial charge in [0.25, 0.3) is 0 Å². The summed E-state index contributed by atoms with van der Waals surface area (Å²) in [6.45, 7) is 1.71. The van der Waals surface area contributed by atoms with E-state index in [0.717, 1.165) is 24.3 Å². The Balaban J connectivity index is -0.000000889. The number of benzene rings is 2. The van der Waals surface area contributed by atoms with Gasteiger partial charge in [0.2, 0.25) is 0 Å². The highest BCUT2D eigenvalue weighted by atomic mass is 19.3. The van der Waals surface area contributed by atoms with Gasteiger partial charge >= 0.3 is 36.1 Å². The minimum absolute atomic E-state index is 0. The van der Waals surface area contributed by atoms with E-state index in [2.05, 4.69) is 9.47 Å². The third-order valence-corrected chi connectivity index (χ3v) is 4.42. The summed E-state index contributed by atoms with van der Waals surface area (Å²) in [5.74, 6) is -1.89. The number of esters is 2. The lowest BCUT2D eigenvalue weighted by atomic mass is 10.2. The smallest absolute Gasteiger partial charge is 0.344 e. The van der Waals surface area contributed by atoms with Crippen molar-refractivity contribution < 1.29 is 64.4 Å². The van der Waals surface area contributed by atoms with Gasteiger partial charge in [-0.25, -0.2) is 9.59 Å². The zero-order valence-corrected chi connectivity index (χ0v) is 20.3. The molecule has 0 amide bonds. The van der Waals surface area contributed by atoms with Crippen LogP contribution in [-0.4, -0.2) is 51.1 Å². The summed E-state index contributed by atoms with van der Waals surface area (Å²) in [5, 5.41) is 0. The fraction of sp³-hybridized carbons (Fsp3) is 0.419. The van der Waals surface area contributed by atoms with E-state index in [1.54, 1.807) is 6.92 Å². The molecule has 45 heavy (non-hydrogen) atoms. The molecule has 0 heterocycles. The largest absolute Gasteiger partial charge is 0.460 e. The molecular weight excluding hydrogens is 614 g/mol. The molecule has 0 aromatic heterocycles. The third-order valence-electron chi connectivity index (χ3n) is 4.42. The van der Waals surface area contributed by atoms with Gasteiger partial charge in [0, 0.05) is 0 Å². The van der Waals surface area contributed by atoms with Crippen molar-refractivity contribution >= 4 is 11.9 Å². The summed E-state index contributed by atoms with van der Waals surface area (Å²) in [7, 11) is 0. The maximum Gasteiger partial charge on any atom is 0.344 e. The summed E-state index contributed by atoms with van der Waals surface area (Å²) in [6, 6.07) is 5.27. The van der Waals surface area contributed by atoms with E-state index < -0.39 is 42.2 Å². The quantitative estimate of drug-likeness (QED) is 0.0807. The first-order valence-electron chi connectivity index (χ1n) is 11.1. The first-order chi connectivity index (χ1) is 18.6. The predicted molar refractivity (Wildman–Crippen MR) is 162 cm³/mol. The standard InChI is InChI=1S/C25H22F6O8.6CH4/c1-15(35-12-13-37-25(33)17-4-8-19(9-5-17)39-23(31)21(28)29)14-34-10-11-36-24(32)16-2-6-18(7-3-16)38-22(30)20(26)27;;;;;;/h2-9,15H,10-14H2,1H3;6*1H4. The lowest BCUT2D eigenvalue weighted by Crippen LogP contribution is -2.21. The van der Waals surface area contributed by atoms with Gasteiger partial charge in [0.15, 0.2) is 0 Å². The second kappa shape index (κ2) is 26.4. The molecular formula is C31H46F6O8. The minimum atomic E-state index is -2.61. The number of halogens is 6. The zero-order chi connectivity index (χ0) is 28.8. The van der Waals surface area contributed by atoms with E-state index in [4.69, 9.17) is 18.9 Å².